The van der Waals surface area contributed by atoms with Gasteiger partial charge in [0.1, 0.15) is 5.84 Å². The van der Waals surface area contributed by atoms with Gasteiger partial charge in [0.2, 0.25) is 5.91 Å². The molecule has 0 bridgehead atoms. The zero-order chi connectivity index (χ0) is 16.2. The molecule has 2 aliphatic carbocycles. The van der Waals surface area contributed by atoms with Gasteiger partial charge in [-0.3, -0.25) is 15.2 Å². The summed E-state index contributed by atoms with van der Waals surface area (Å²) < 4.78 is 0. The number of nitrogens with zero attached hydrogens (tertiary/aromatic N) is 2. The normalized spacial score (nSPS) is 29.7. The minimum atomic E-state index is -0.106. The van der Waals surface area contributed by atoms with E-state index < -0.39 is 0 Å². The summed E-state index contributed by atoms with van der Waals surface area (Å²) in [6, 6.07) is 1.01. The standard InChI is InChI=1S/C17H27N5O/c1-18-13-9-7-12(8-10-13)17(23)21-19-11-16-20-14-5-3-4-6-15(14)22(16)2/h7,9-10,12,14-15,18-19H,3-6,8,11H2,1-2H3,(H,21,23). The summed E-state index contributed by atoms with van der Waals surface area (Å²) in [6.45, 7) is 0.587. The van der Waals surface area contributed by atoms with Crippen LogP contribution in [0.1, 0.15) is 32.1 Å². The molecule has 3 rings (SSSR count). The lowest BCUT2D eigenvalue weighted by Crippen LogP contribution is -2.47. The van der Waals surface area contributed by atoms with Gasteiger partial charge >= 0.3 is 0 Å². The first kappa shape index (κ1) is 16.1. The largest absolute Gasteiger partial charge is 0.388 e. The average molecular weight is 317 g/mol. The Morgan fingerprint density at radius 2 is 2.22 bits per heavy atom. The van der Waals surface area contributed by atoms with Crippen LogP contribution in [0.25, 0.3) is 0 Å². The minimum Gasteiger partial charge on any atom is -0.388 e. The van der Waals surface area contributed by atoms with E-state index in [0.29, 0.717) is 18.6 Å². The Morgan fingerprint density at radius 1 is 1.39 bits per heavy atom. The van der Waals surface area contributed by atoms with Gasteiger partial charge in [-0.25, -0.2) is 5.43 Å². The molecular formula is C17H27N5O. The number of aliphatic imine (C=N–C) groups is 1. The smallest absolute Gasteiger partial charge is 0.241 e. The van der Waals surface area contributed by atoms with Crippen molar-refractivity contribution in [2.75, 3.05) is 20.6 Å². The molecule has 3 N–H and O–H groups in total. The van der Waals surface area contributed by atoms with Crippen molar-refractivity contribution in [1.82, 2.24) is 21.1 Å². The third-order valence-corrected chi connectivity index (χ3v) is 5.10. The number of amides is 1. The Balaban J connectivity index is 1.44. The number of rotatable bonds is 5. The van der Waals surface area contributed by atoms with Crippen molar-refractivity contribution in [3.8, 4) is 0 Å². The second kappa shape index (κ2) is 7.17. The van der Waals surface area contributed by atoms with Crippen LogP contribution in [-0.4, -0.2) is 49.4 Å². The molecule has 0 saturated heterocycles. The van der Waals surface area contributed by atoms with E-state index in [1.807, 2.05) is 25.3 Å². The quantitative estimate of drug-likeness (QED) is 0.660. The van der Waals surface area contributed by atoms with E-state index in [4.69, 9.17) is 4.99 Å². The number of fused-ring (bicyclic) bond motifs is 1. The second-order valence-electron chi connectivity index (χ2n) is 6.53. The van der Waals surface area contributed by atoms with E-state index in [9.17, 15) is 4.79 Å². The summed E-state index contributed by atoms with van der Waals surface area (Å²) in [4.78, 5) is 19.3. The minimum absolute atomic E-state index is 0.00585. The van der Waals surface area contributed by atoms with Crippen LogP contribution in [0.2, 0.25) is 0 Å². The van der Waals surface area contributed by atoms with Crippen LogP contribution in [0.15, 0.2) is 28.9 Å². The van der Waals surface area contributed by atoms with Crippen molar-refractivity contribution in [2.24, 2.45) is 10.9 Å². The molecular weight excluding hydrogens is 290 g/mol. The van der Waals surface area contributed by atoms with Crippen molar-refractivity contribution >= 4 is 11.7 Å². The molecule has 1 amide bonds. The van der Waals surface area contributed by atoms with Gasteiger partial charge in [-0.2, -0.15) is 0 Å². The van der Waals surface area contributed by atoms with Gasteiger partial charge in [-0.05, 0) is 25.3 Å². The van der Waals surface area contributed by atoms with Gasteiger partial charge in [-0.15, -0.1) is 0 Å². The number of likely N-dealkylation sites (N-methyl/N-ethyl adjacent to an activating group) is 2. The summed E-state index contributed by atoms with van der Waals surface area (Å²) in [5.74, 6) is 0.954. The highest BCUT2D eigenvalue weighted by Crippen LogP contribution is 2.29. The maximum absolute atomic E-state index is 12.2. The van der Waals surface area contributed by atoms with Crippen molar-refractivity contribution in [1.29, 1.82) is 0 Å². The van der Waals surface area contributed by atoms with E-state index >= 15 is 0 Å². The van der Waals surface area contributed by atoms with E-state index in [0.717, 1.165) is 18.0 Å². The average Bonchev–Trinajstić information content (AvgIpc) is 2.91. The number of allylic oxidation sites excluding steroid dienone is 2. The highest BCUT2D eigenvalue weighted by atomic mass is 16.2. The molecule has 3 atom stereocenters. The molecule has 1 aliphatic heterocycles. The van der Waals surface area contributed by atoms with E-state index in [1.165, 1.54) is 25.7 Å². The molecule has 0 aromatic carbocycles. The Hall–Kier alpha value is -1.82. The Morgan fingerprint density at radius 3 is 2.91 bits per heavy atom. The van der Waals surface area contributed by atoms with Crippen LogP contribution >= 0.6 is 0 Å². The first-order valence-electron chi connectivity index (χ1n) is 8.57. The van der Waals surface area contributed by atoms with Crippen molar-refractivity contribution in [3.05, 3.63) is 23.9 Å². The van der Waals surface area contributed by atoms with Crippen molar-refractivity contribution < 1.29 is 4.79 Å². The van der Waals surface area contributed by atoms with E-state index in [2.05, 4.69) is 28.1 Å². The Labute approximate surface area is 138 Å². The maximum Gasteiger partial charge on any atom is 0.241 e. The fourth-order valence-electron chi connectivity index (χ4n) is 3.64. The number of hydrogen-bond donors (Lipinski definition) is 3. The molecule has 3 unspecified atom stereocenters. The van der Waals surface area contributed by atoms with Crippen LogP contribution in [0, 0.1) is 5.92 Å². The number of carbonyl (C=O) groups excluding carboxylic acids is 1. The molecule has 126 valence electrons. The summed E-state index contributed by atoms with van der Waals surface area (Å²) >= 11 is 0. The number of carbonyl (C=O) groups is 1. The number of hydrazine groups is 1. The van der Waals surface area contributed by atoms with E-state index in [-0.39, 0.29) is 11.8 Å². The summed E-state index contributed by atoms with van der Waals surface area (Å²) in [6.07, 6.45) is 11.7. The highest BCUT2D eigenvalue weighted by molar-refractivity contribution is 5.87. The summed E-state index contributed by atoms with van der Waals surface area (Å²) in [5.41, 5.74) is 6.93. The fourth-order valence-corrected chi connectivity index (χ4v) is 3.64. The van der Waals surface area contributed by atoms with Gasteiger partial charge in [-0.1, -0.05) is 25.0 Å². The molecule has 0 spiro atoms. The SMILES string of the molecule is CNC1=CCC(C(=O)NNCC2=NC3CCCCC3N2C)C=C1. The topological polar surface area (TPSA) is 68.8 Å². The molecule has 6 nitrogen and oxygen atoms in total. The van der Waals surface area contributed by atoms with Gasteiger partial charge in [0, 0.05) is 19.8 Å². The van der Waals surface area contributed by atoms with Gasteiger partial charge < -0.3 is 10.2 Å². The first-order valence-corrected chi connectivity index (χ1v) is 8.57. The molecule has 0 aromatic heterocycles. The van der Waals surface area contributed by atoms with Crippen LogP contribution in [0.4, 0.5) is 0 Å². The Kier molecular flexibility index (Phi) is 5.00. The van der Waals surface area contributed by atoms with Crippen molar-refractivity contribution in [3.63, 3.8) is 0 Å². The fraction of sp³-hybridized carbons (Fsp3) is 0.647. The van der Waals surface area contributed by atoms with Gasteiger partial charge in [0.25, 0.3) is 0 Å². The highest BCUT2D eigenvalue weighted by Gasteiger charge is 2.34. The van der Waals surface area contributed by atoms with Gasteiger partial charge in [0.05, 0.1) is 24.5 Å². The third kappa shape index (κ3) is 3.58. The number of amidine groups is 1. The predicted octanol–water partition coefficient (Wildman–Crippen LogP) is 0.942. The van der Waals surface area contributed by atoms with Gasteiger partial charge in [0.15, 0.2) is 0 Å². The molecule has 3 aliphatic rings. The first-order chi connectivity index (χ1) is 11.2. The molecule has 23 heavy (non-hydrogen) atoms. The Bertz CT molecular complexity index is 539. The van der Waals surface area contributed by atoms with Crippen LogP contribution < -0.4 is 16.2 Å². The lowest BCUT2D eigenvalue weighted by atomic mass is 9.91. The zero-order valence-electron chi connectivity index (χ0n) is 14.0. The summed E-state index contributed by atoms with van der Waals surface area (Å²) in [7, 11) is 4.00. The van der Waals surface area contributed by atoms with E-state index in [1.54, 1.807) is 0 Å². The molecule has 1 fully saturated rings. The zero-order valence-corrected chi connectivity index (χ0v) is 14.0. The number of hydrogen-bond acceptors (Lipinski definition) is 5. The lowest BCUT2D eigenvalue weighted by molar-refractivity contribution is -0.124. The van der Waals surface area contributed by atoms with Crippen LogP contribution in [0.3, 0.4) is 0 Å². The molecule has 6 heteroatoms. The monoisotopic (exact) mass is 317 g/mol. The van der Waals surface area contributed by atoms with Crippen molar-refractivity contribution in [2.45, 2.75) is 44.2 Å². The third-order valence-electron chi connectivity index (χ3n) is 5.10. The maximum atomic E-state index is 12.2. The molecule has 1 saturated carbocycles. The molecule has 0 radical (unpaired) electrons. The lowest BCUT2D eigenvalue weighted by Gasteiger charge is -2.30. The second-order valence-corrected chi connectivity index (χ2v) is 6.53. The van der Waals surface area contributed by atoms with Crippen LogP contribution in [0.5, 0.6) is 0 Å². The molecule has 0 aromatic rings. The number of nitrogens with one attached hydrogen (secondary N) is 3. The van der Waals surface area contributed by atoms with Crippen LogP contribution in [-0.2, 0) is 4.79 Å². The predicted molar refractivity (Wildman–Crippen MR) is 91.8 cm³/mol. The summed E-state index contributed by atoms with van der Waals surface area (Å²) in [5, 5.41) is 3.08. The molecule has 1 heterocycles.